The molecule has 3 rings (SSSR count). The summed E-state index contributed by atoms with van der Waals surface area (Å²) in [5.74, 6) is 1.53. The van der Waals surface area contributed by atoms with Gasteiger partial charge in [-0.25, -0.2) is 4.98 Å². The van der Waals surface area contributed by atoms with Crippen LogP contribution in [0.25, 0.3) is 11.2 Å². The summed E-state index contributed by atoms with van der Waals surface area (Å²) in [4.78, 5) is 4.39. The summed E-state index contributed by atoms with van der Waals surface area (Å²) in [7, 11) is 1.95. The third kappa shape index (κ3) is 1.38. The van der Waals surface area contributed by atoms with Crippen LogP contribution in [0, 0.1) is 12.8 Å². The highest BCUT2D eigenvalue weighted by Crippen LogP contribution is 2.33. The predicted molar refractivity (Wildman–Crippen MR) is 63.0 cm³/mol. The molecular formula is C11H17N5. The van der Waals surface area contributed by atoms with Crippen LogP contribution in [0.1, 0.15) is 25.0 Å². The number of aryl methyl sites for hydroxylation is 3. The topological polar surface area (TPSA) is 61.7 Å². The van der Waals surface area contributed by atoms with Crippen LogP contribution in [0.2, 0.25) is 0 Å². The number of hydrogen-bond acceptors (Lipinski definition) is 3. The highest BCUT2D eigenvalue weighted by molar-refractivity contribution is 5.77. The first-order chi connectivity index (χ1) is 7.66. The molecule has 5 nitrogen and oxygen atoms in total. The van der Waals surface area contributed by atoms with Gasteiger partial charge in [-0.15, -0.1) is 0 Å². The molecule has 0 radical (unpaired) electrons. The molecule has 2 N–H and O–H groups in total. The lowest BCUT2D eigenvalue weighted by Crippen LogP contribution is -2.07. The lowest BCUT2D eigenvalue weighted by molar-refractivity contribution is 0.599. The molecular weight excluding hydrogens is 202 g/mol. The average molecular weight is 219 g/mol. The van der Waals surface area contributed by atoms with Crippen molar-refractivity contribution >= 4 is 17.1 Å². The molecule has 1 aliphatic carbocycles. The van der Waals surface area contributed by atoms with E-state index in [9.17, 15) is 0 Å². The zero-order valence-electron chi connectivity index (χ0n) is 9.77. The molecule has 2 heterocycles. The molecule has 2 aromatic rings. The lowest BCUT2D eigenvalue weighted by Gasteiger charge is -2.05. The molecule has 0 atom stereocenters. The van der Waals surface area contributed by atoms with Crippen molar-refractivity contribution in [2.45, 2.75) is 32.7 Å². The monoisotopic (exact) mass is 219 g/mol. The quantitative estimate of drug-likeness (QED) is 0.850. The predicted octanol–water partition coefficient (Wildman–Crippen LogP) is 1.46. The van der Waals surface area contributed by atoms with Gasteiger partial charge in [-0.1, -0.05) is 12.8 Å². The molecule has 0 amide bonds. The number of aromatic nitrogens is 4. The third-order valence-electron chi connectivity index (χ3n) is 3.38. The largest absolute Gasteiger partial charge is 0.369 e. The minimum Gasteiger partial charge on any atom is -0.369 e. The third-order valence-corrected chi connectivity index (χ3v) is 3.38. The molecule has 0 aliphatic heterocycles. The van der Waals surface area contributed by atoms with Crippen molar-refractivity contribution in [3.8, 4) is 0 Å². The molecule has 0 aromatic carbocycles. The van der Waals surface area contributed by atoms with Crippen LogP contribution in [0.3, 0.4) is 0 Å². The van der Waals surface area contributed by atoms with Gasteiger partial charge >= 0.3 is 0 Å². The Labute approximate surface area is 94.2 Å². The van der Waals surface area contributed by atoms with Gasteiger partial charge in [0, 0.05) is 13.6 Å². The van der Waals surface area contributed by atoms with Crippen molar-refractivity contribution in [1.29, 1.82) is 0 Å². The van der Waals surface area contributed by atoms with Crippen molar-refractivity contribution in [2.75, 3.05) is 5.73 Å². The van der Waals surface area contributed by atoms with E-state index in [4.69, 9.17) is 5.73 Å². The fourth-order valence-corrected chi connectivity index (χ4v) is 2.29. The number of rotatable bonds is 3. The molecule has 2 aromatic heterocycles. The standard InChI is InChI=1S/C11H17N5/c1-7-9-10(15(2)14-7)16(11(12)13-9)6-5-8-3-4-8/h8H,3-6H2,1-2H3,(H2,12,13). The first-order valence-corrected chi connectivity index (χ1v) is 5.82. The fourth-order valence-electron chi connectivity index (χ4n) is 2.29. The summed E-state index contributed by atoms with van der Waals surface area (Å²) < 4.78 is 3.97. The number of fused-ring (bicyclic) bond motifs is 1. The zero-order valence-corrected chi connectivity index (χ0v) is 9.77. The van der Waals surface area contributed by atoms with Gasteiger partial charge in [0.1, 0.15) is 5.52 Å². The number of nitrogen functional groups attached to an aromatic ring is 1. The highest BCUT2D eigenvalue weighted by Gasteiger charge is 2.22. The normalized spacial score (nSPS) is 16.1. The van der Waals surface area contributed by atoms with Gasteiger partial charge in [-0.2, -0.15) is 5.10 Å². The van der Waals surface area contributed by atoms with Gasteiger partial charge in [0.2, 0.25) is 5.95 Å². The van der Waals surface area contributed by atoms with E-state index in [2.05, 4.69) is 14.6 Å². The maximum absolute atomic E-state index is 5.95. The second-order valence-electron chi connectivity index (χ2n) is 4.73. The van der Waals surface area contributed by atoms with Gasteiger partial charge in [0.05, 0.1) is 5.69 Å². The van der Waals surface area contributed by atoms with E-state index in [1.165, 1.54) is 19.3 Å². The molecule has 16 heavy (non-hydrogen) atoms. The average Bonchev–Trinajstić information content (AvgIpc) is 2.93. The molecule has 0 bridgehead atoms. The first-order valence-electron chi connectivity index (χ1n) is 5.82. The number of anilines is 1. The second kappa shape index (κ2) is 3.23. The SMILES string of the molecule is Cc1nn(C)c2c1nc(N)n2CCC1CC1. The van der Waals surface area contributed by atoms with Crippen molar-refractivity contribution in [3.05, 3.63) is 5.69 Å². The van der Waals surface area contributed by atoms with Gasteiger partial charge < -0.3 is 5.73 Å². The van der Waals surface area contributed by atoms with E-state index >= 15 is 0 Å². The Balaban J connectivity index is 2.02. The smallest absolute Gasteiger partial charge is 0.202 e. The van der Waals surface area contributed by atoms with Crippen LogP contribution in [0.15, 0.2) is 0 Å². The van der Waals surface area contributed by atoms with Crippen molar-refractivity contribution in [3.63, 3.8) is 0 Å². The van der Waals surface area contributed by atoms with Gasteiger partial charge in [-0.05, 0) is 19.3 Å². The van der Waals surface area contributed by atoms with Gasteiger partial charge in [0.15, 0.2) is 5.65 Å². The molecule has 86 valence electrons. The number of nitrogens with two attached hydrogens (primary N) is 1. The van der Waals surface area contributed by atoms with Crippen LogP contribution >= 0.6 is 0 Å². The summed E-state index contributed by atoms with van der Waals surface area (Å²) >= 11 is 0. The van der Waals surface area contributed by atoms with E-state index in [-0.39, 0.29) is 0 Å². The Morgan fingerprint density at radius 3 is 2.88 bits per heavy atom. The van der Waals surface area contributed by atoms with Crippen LogP contribution in [-0.4, -0.2) is 19.3 Å². The maximum Gasteiger partial charge on any atom is 0.202 e. The van der Waals surface area contributed by atoms with Crippen LogP contribution in [-0.2, 0) is 13.6 Å². The Hall–Kier alpha value is -1.52. The number of nitrogens with zero attached hydrogens (tertiary/aromatic N) is 4. The minimum absolute atomic E-state index is 0.617. The Morgan fingerprint density at radius 2 is 2.19 bits per heavy atom. The molecule has 0 saturated heterocycles. The zero-order chi connectivity index (χ0) is 11.3. The minimum atomic E-state index is 0.617. The first kappa shape index (κ1) is 9.69. The highest BCUT2D eigenvalue weighted by atomic mass is 15.3. The van der Waals surface area contributed by atoms with E-state index in [1.807, 2.05) is 18.7 Å². The number of imidazole rings is 1. The van der Waals surface area contributed by atoms with E-state index in [1.54, 1.807) is 0 Å². The molecule has 1 saturated carbocycles. The van der Waals surface area contributed by atoms with E-state index in [0.717, 1.165) is 29.3 Å². The van der Waals surface area contributed by atoms with Crippen LogP contribution < -0.4 is 5.73 Å². The maximum atomic E-state index is 5.95. The van der Waals surface area contributed by atoms with Crippen LogP contribution in [0.5, 0.6) is 0 Å². The lowest BCUT2D eigenvalue weighted by atomic mass is 10.3. The van der Waals surface area contributed by atoms with Crippen molar-refractivity contribution in [2.24, 2.45) is 13.0 Å². The molecule has 0 spiro atoms. The molecule has 0 unspecified atom stereocenters. The molecule has 5 heteroatoms. The fraction of sp³-hybridized carbons (Fsp3) is 0.636. The van der Waals surface area contributed by atoms with Gasteiger partial charge in [-0.3, -0.25) is 9.25 Å². The second-order valence-corrected chi connectivity index (χ2v) is 4.73. The Morgan fingerprint density at radius 1 is 1.44 bits per heavy atom. The number of hydrogen-bond donors (Lipinski definition) is 1. The van der Waals surface area contributed by atoms with E-state index < -0.39 is 0 Å². The van der Waals surface area contributed by atoms with E-state index in [0.29, 0.717) is 5.95 Å². The summed E-state index contributed by atoms with van der Waals surface area (Å²) in [5, 5.41) is 4.37. The van der Waals surface area contributed by atoms with Crippen LogP contribution in [0.4, 0.5) is 5.95 Å². The van der Waals surface area contributed by atoms with Gasteiger partial charge in [0.25, 0.3) is 0 Å². The van der Waals surface area contributed by atoms with Crippen molar-refractivity contribution in [1.82, 2.24) is 19.3 Å². The van der Waals surface area contributed by atoms with Crippen molar-refractivity contribution < 1.29 is 0 Å². The molecule has 1 aliphatic rings. The Bertz CT molecular complexity index is 532. The Kier molecular flexibility index (Phi) is 1.96. The summed E-state index contributed by atoms with van der Waals surface area (Å²) in [5.41, 5.74) is 8.90. The molecule has 1 fully saturated rings. The summed E-state index contributed by atoms with van der Waals surface area (Å²) in [6.07, 6.45) is 3.96. The summed E-state index contributed by atoms with van der Waals surface area (Å²) in [6, 6.07) is 0. The summed E-state index contributed by atoms with van der Waals surface area (Å²) in [6.45, 7) is 2.94.